The molecule has 1 rings (SSSR count). The van der Waals surface area contributed by atoms with Crippen molar-refractivity contribution in [3.63, 3.8) is 0 Å². The van der Waals surface area contributed by atoms with E-state index in [4.69, 9.17) is 0 Å². The largest absolute Gasteiger partial charge is 0.394 e. The van der Waals surface area contributed by atoms with Crippen LogP contribution < -0.4 is 5.32 Å². The third kappa shape index (κ3) is 3.57. The summed E-state index contributed by atoms with van der Waals surface area (Å²) in [5, 5.41) is 18.9. The molecule has 1 amide bonds. The van der Waals surface area contributed by atoms with Gasteiger partial charge in [0.15, 0.2) is 0 Å². The zero-order valence-electron chi connectivity index (χ0n) is 11.5. The van der Waals surface area contributed by atoms with E-state index in [0.717, 1.165) is 12.1 Å². The lowest BCUT2D eigenvalue weighted by atomic mass is 10.00. The first-order valence-electron chi connectivity index (χ1n) is 6.46. The third-order valence-corrected chi connectivity index (χ3v) is 3.30. The van der Waals surface area contributed by atoms with Crippen LogP contribution in [0.15, 0.2) is 6.07 Å². The maximum absolute atomic E-state index is 12.0. The Bertz CT molecular complexity index is 387. The van der Waals surface area contributed by atoms with Gasteiger partial charge in [0.1, 0.15) is 5.69 Å². The fourth-order valence-electron chi connectivity index (χ4n) is 1.64. The Kier molecular flexibility index (Phi) is 5.34. The summed E-state index contributed by atoms with van der Waals surface area (Å²) in [7, 11) is 0. The van der Waals surface area contributed by atoms with Crippen LogP contribution in [0.25, 0.3) is 0 Å². The van der Waals surface area contributed by atoms with Crippen LogP contribution in [0.2, 0.25) is 0 Å². The van der Waals surface area contributed by atoms with E-state index in [1.54, 1.807) is 6.07 Å². The number of nitrogens with zero attached hydrogens (tertiary/aromatic N) is 1. The molecule has 0 bridgehead atoms. The van der Waals surface area contributed by atoms with Gasteiger partial charge >= 0.3 is 0 Å². The molecule has 3 N–H and O–H groups in total. The van der Waals surface area contributed by atoms with Crippen molar-refractivity contribution in [2.75, 3.05) is 6.61 Å². The Morgan fingerprint density at radius 2 is 2.17 bits per heavy atom. The van der Waals surface area contributed by atoms with Gasteiger partial charge in [0.25, 0.3) is 5.91 Å². The third-order valence-electron chi connectivity index (χ3n) is 3.30. The maximum atomic E-state index is 12.0. The molecule has 5 heteroatoms. The van der Waals surface area contributed by atoms with Crippen LogP contribution in [-0.2, 0) is 0 Å². The minimum absolute atomic E-state index is 0.0534. The molecule has 5 nitrogen and oxygen atoms in total. The van der Waals surface area contributed by atoms with Gasteiger partial charge in [-0.25, -0.2) is 0 Å². The first-order chi connectivity index (χ1) is 8.49. The first-order valence-corrected chi connectivity index (χ1v) is 6.46. The number of aliphatic hydroxyl groups excluding tert-OH is 1. The second-order valence-corrected chi connectivity index (χ2v) is 5.01. The fraction of sp³-hybridized carbons (Fsp3) is 0.692. The molecule has 1 aromatic rings. The molecule has 0 radical (unpaired) electrons. The second kappa shape index (κ2) is 6.54. The SMILES string of the molecule is CC[C@H](C)[C@@H](CO)NC(=O)c1cc(C(C)C)[nH]n1. The minimum Gasteiger partial charge on any atom is -0.394 e. The van der Waals surface area contributed by atoms with E-state index in [-0.39, 0.29) is 24.5 Å². The van der Waals surface area contributed by atoms with Gasteiger partial charge in [-0.3, -0.25) is 9.89 Å². The molecule has 1 heterocycles. The quantitative estimate of drug-likeness (QED) is 0.721. The highest BCUT2D eigenvalue weighted by Crippen LogP contribution is 2.13. The molecule has 0 saturated carbocycles. The van der Waals surface area contributed by atoms with Gasteiger partial charge in [0.2, 0.25) is 0 Å². The van der Waals surface area contributed by atoms with Gasteiger partial charge in [0, 0.05) is 5.69 Å². The van der Waals surface area contributed by atoms with Crippen LogP contribution in [-0.4, -0.2) is 33.9 Å². The van der Waals surface area contributed by atoms with Crippen molar-refractivity contribution in [1.29, 1.82) is 0 Å². The number of hydrogen-bond acceptors (Lipinski definition) is 3. The van der Waals surface area contributed by atoms with Gasteiger partial charge in [-0.05, 0) is 17.9 Å². The van der Waals surface area contributed by atoms with Crippen molar-refractivity contribution < 1.29 is 9.90 Å². The van der Waals surface area contributed by atoms with Gasteiger partial charge < -0.3 is 10.4 Å². The van der Waals surface area contributed by atoms with Gasteiger partial charge in [-0.15, -0.1) is 0 Å². The summed E-state index contributed by atoms with van der Waals surface area (Å²) in [4.78, 5) is 12.0. The lowest BCUT2D eigenvalue weighted by molar-refractivity contribution is 0.0886. The van der Waals surface area contributed by atoms with Crippen molar-refractivity contribution in [3.8, 4) is 0 Å². The molecule has 2 atom stereocenters. The van der Waals surface area contributed by atoms with E-state index in [1.807, 2.05) is 27.7 Å². The number of hydrogen-bond donors (Lipinski definition) is 3. The van der Waals surface area contributed by atoms with Crippen LogP contribution in [0.4, 0.5) is 0 Å². The van der Waals surface area contributed by atoms with Crippen molar-refractivity contribution in [2.45, 2.75) is 46.1 Å². The second-order valence-electron chi connectivity index (χ2n) is 5.01. The molecule has 0 aliphatic rings. The van der Waals surface area contributed by atoms with Crippen molar-refractivity contribution >= 4 is 5.91 Å². The highest BCUT2D eigenvalue weighted by atomic mass is 16.3. The van der Waals surface area contributed by atoms with Crippen LogP contribution >= 0.6 is 0 Å². The Morgan fingerprint density at radius 3 is 2.61 bits per heavy atom. The summed E-state index contributed by atoms with van der Waals surface area (Å²) >= 11 is 0. The highest BCUT2D eigenvalue weighted by molar-refractivity contribution is 5.92. The van der Waals surface area contributed by atoms with Gasteiger partial charge in [-0.1, -0.05) is 34.1 Å². The lowest BCUT2D eigenvalue weighted by Crippen LogP contribution is -2.42. The number of carbonyl (C=O) groups is 1. The van der Waals surface area contributed by atoms with E-state index in [0.29, 0.717) is 11.6 Å². The molecule has 0 saturated heterocycles. The predicted molar refractivity (Wildman–Crippen MR) is 70.5 cm³/mol. The number of aromatic amines is 1. The van der Waals surface area contributed by atoms with Crippen molar-refractivity contribution in [1.82, 2.24) is 15.5 Å². The Labute approximate surface area is 108 Å². The van der Waals surface area contributed by atoms with Gasteiger partial charge in [-0.2, -0.15) is 5.10 Å². The predicted octanol–water partition coefficient (Wildman–Crippen LogP) is 1.67. The molecular weight excluding hydrogens is 230 g/mol. The number of amides is 1. The van der Waals surface area contributed by atoms with Crippen molar-refractivity contribution in [2.24, 2.45) is 5.92 Å². The Balaban J connectivity index is 2.68. The number of aromatic nitrogens is 2. The van der Waals surface area contributed by atoms with Crippen LogP contribution in [0.5, 0.6) is 0 Å². The Hall–Kier alpha value is -1.36. The van der Waals surface area contributed by atoms with Crippen molar-refractivity contribution in [3.05, 3.63) is 17.5 Å². The summed E-state index contributed by atoms with van der Waals surface area (Å²) in [6, 6.07) is 1.53. The van der Waals surface area contributed by atoms with E-state index in [1.165, 1.54) is 0 Å². The fourth-order valence-corrected chi connectivity index (χ4v) is 1.64. The molecule has 0 aliphatic carbocycles. The number of aliphatic hydroxyl groups is 1. The number of carbonyl (C=O) groups excluding carboxylic acids is 1. The first kappa shape index (κ1) is 14.7. The molecule has 1 aromatic heterocycles. The topological polar surface area (TPSA) is 78.0 Å². The molecule has 0 fully saturated rings. The smallest absolute Gasteiger partial charge is 0.272 e. The monoisotopic (exact) mass is 253 g/mol. The summed E-state index contributed by atoms with van der Waals surface area (Å²) < 4.78 is 0. The number of H-pyrrole nitrogens is 1. The Morgan fingerprint density at radius 1 is 1.50 bits per heavy atom. The molecule has 0 aromatic carbocycles. The minimum atomic E-state index is -0.238. The zero-order valence-corrected chi connectivity index (χ0v) is 11.5. The molecule has 0 aliphatic heterocycles. The highest BCUT2D eigenvalue weighted by Gasteiger charge is 2.20. The normalized spacial score (nSPS) is 14.6. The summed E-state index contributed by atoms with van der Waals surface area (Å²) in [5.74, 6) is 0.308. The van der Waals surface area contributed by atoms with Gasteiger partial charge in [0.05, 0.1) is 12.6 Å². The van der Waals surface area contributed by atoms with Crippen LogP contribution in [0, 0.1) is 5.92 Å². The molecule has 18 heavy (non-hydrogen) atoms. The zero-order chi connectivity index (χ0) is 13.7. The summed E-state index contributed by atoms with van der Waals surface area (Å²) in [5.41, 5.74) is 1.31. The lowest BCUT2D eigenvalue weighted by Gasteiger charge is -2.21. The summed E-state index contributed by atoms with van der Waals surface area (Å²) in [6.07, 6.45) is 0.906. The van der Waals surface area contributed by atoms with E-state index in [2.05, 4.69) is 15.5 Å². The van der Waals surface area contributed by atoms with E-state index in [9.17, 15) is 9.90 Å². The number of rotatable bonds is 6. The maximum Gasteiger partial charge on any atom is 0.272 e. The average Bonchev–Trinajstić information content (AvgIpc) is 2.84. The average molecular weight is 253 g/mol. The van der Waals surface area contributed by atoms with E-state index >= 15 is 0 Å². The molecule has 0 unspecified atom stereocenters. The van der Waals surface area contributed by atoms with Crippen LogP contribution in [0.3, 0.4) is 0 Å². The van der Waals surface area contributed by atoms with E-state index < -0.39 is 0 Å². The van der Waals surface area contributed by atoms with Crippen LogP contribution in [0.1, 0.15) is 56.2 Å². The summed E-state index contributed by atoms with van der Waals surface area (Å²) in [6.45, 7) is 8.05. The molecule has 0 spiro atoms. The molecular formula is C13H23N3O2. The molecule has 102 valence electrons. The number of nitrogens with one attached hydrogen (secondary N) is 2. The standard InChI is InChI=1S/C13H23N3O2/c1-5-9(4)12(7-17)14-13(18)11-6-10(8(2)3)15-16-11/h6,8-9,12,17H,5,7H2,1-4H3,(H,14,18)(H,15,16)/t9-,12+/m0/s1.